The molecule has 0 atom stereocenters. The van der Waals surface area contributed by atoms with E-state index in [2.05, 4.69) is 0 Å². The van der Waals surface area contributed by atoms with Gasteiger partial charge in [-0.15, -0.1) is 0 Å². The first-order valence-electron chi connectivity index (χ1n) is 5.94. The van der Waals surface area contributed by atoms with Crippen LogP contribution in [0.25, 0.3) is 0 Å². The SMILES string of the molecule is COc1cc(CC(C)(C)C(N)=S)cc(OC)c1OC. The lowest BCUT2D eigenvalue weighted by Crippen LogP contribution is -2.31. The first-order valence-corrected chi connectivity index (χ1v) is 6.35. The van der Waals surface area contributed by atoms with Crippen molar-refractivity contribution in [3.05, 3.63) is 17.7 Å². The molecule has 0 aliphatic carbocycles. The fourth-order valence-corrected chi connectivity index (χ4v) is 1.91. The maximum Gasteiger partial charge on any atom is 0.203 e. The molecule has 0 fully saturated rings. The van der Waals surface area contributed by atoms with Crippen molar-refractivity contribution in [2.75, 3.05) is 21.3 Å². The standard InChI is InChI=1S/C14H21NO3S/c1-14(2,13(15)19)8-9-6-10(16-3)12(18-5)11(7-9)17-4/h6-7H,8H2,1-5H3,(H2,15,19). The van der Waals surface area contributed by atoms with Crippen LogP contribution in [0, 0.1) is 5.41 Å². The van der Waals surface area contributed by atoms with Gasteiger partial charge in [-0.1, -0.05) is 26.1 Å². The van der Waals surface area contributed by atoms with Crippen molar-refractivity contribution < 1.29 is 14.2 Å². The number of nitrogens with two attached hydrogens (primary N) is 1. The number of methoxy groups -OCH3 is 3. The van der Waals surface area contributed by atoms with E-state index in [4.69, 9.17) is 32.2 Å². The Balaban J connectivity index is 3.20. The minimum Gasteiger partial charge on any atom is -0.493 e. The molecule has 0 aliphatic rings. The summed E-state index contributed by atoms with van der Waals surface area (Å²) in [5.41, 5.74) is 6.53. The molecule has 2 N–H and O–H groups in total. The highest BCUT2D eigenvalue weighted by Gasteiger charge is 2.23. The molecule has 0 saturated carbocycles. The van der Waals surface area contributed by atoms with Crippen molar-refractivity contribution in [3.8, 4) is 17.2 Å². The van der Waals surface area contributed by atoms with E-state index < -0.39 is 0 Å². The summed E-state index contributed by atoms with van der Waals surface area (Å²) in [4.78, 5) is 0.487. The van der Waals surface area contributed by atoms with Crippen molar-refractivity contribution in [1.82, 2.24) is 0 Å². The van der Waals surface area contributed by atoms with Crippen molar-refractivity contribution in [1.29, 1.82) is 0 Å². The highest BCUT2D eigenvalue weighted by Crippen LogP contribution is 2.39. The largest absolute Gasteiger partial charge is 0.493 e. The number of hydrogen-bond donors (Lipinski definition) is 1. The van der Waals surface area contributed by atoms with E-state index in [1.807, 2.05) is 26.0 Å². The van der Waals surface area contributed by atoms with Gasteiger partial charge in [0.1, 0.15) is 0 Å². The van der Waals surface area contributed by atoms with Crippen LogP contribution in [0.4, 0.5) is 0 Å². The van der Waals surface area contributed by atoms with E-state index in [-0.39, 0.29) is 5.41 Å². The fraction of sp³-hybridized carbons (Fsp3) is 0.500. The van der Waals surface area contributed by atoms with Gasteiger partial charge in [-0.3, -0.25) is 0 Å². The summed E-state index contributed by atoms with van der Waals surface area (Å²) in [5.74, 6) is 1.85. The van der Waals surface area contributed by atoms with Crippen molar-refractivity contribution in [2.45, 2.75) is 20.3 Å². The van der Waals surface area contributed by atoms with Crippen LogP contribution in [0.2, 0.25) is 0 Å². The molecule has 0 aliphatic heterocycles. The Kier molecular flexibility index (Phi) is 5.00. The third-order valence-electron chi connectivity index (χ3n) is 3.04. The molecule has 0 spiro atoms. The molecule has 106 valence electrons. The second-order valence-corrected chi connectivity index (χ2v) is 5.40. The van der Waals surface area contributed by atoms with E-state index >= 15 is 0 Å². The number of thiocarbonyl (C=S) groups is 1. The van der Waals surface area contributed by atoms with Crippen LogP contribution in [0.15, 0.2) is 12.1 Å². The monoisotopic (exact) mass is 283 g/mol. The first-order chi connectivity index (χ1) is 8.85. The van der Waals surface area contributed by atoms with Crippen molar-refractivity contribution >= 4 is 17.2 Å². The van der Waals surface area contributed by atoms with Crippen LogP contribution in [0.5, 0.6) is 17.2 Å². The average molecular weight is 283 g/mol. The molecule has 4 nitrogen and oxygen atoms in total. The maximum absolute atomic E-state index is 5.76. The zero-order chi connectivity index (χ0) is 14.6. The Morgan fingerprint density at radius 1 is 1.11 bits per heavy atom. The molecule has 0 saturated heterocycles. The third-order valence-corrected chi connectivity index (χ3v) is 3.59. The van der Waals surface area contributed by atoms with Gasteiger partial charge in [0, 0.05) is 5.41 Å². The molecule has 0 unspecified atom stereocenters. The van der Waals surface area contributed by atoms with Gasteiger partial charge in [0.05, 0.1) is 26.3 Å². The van der Waals surface area contributed by atoms with E-state index in [0.29, 0.717) is 28.7 Å². The zero-order valence-electron chi connectivity index (χ0n) is 12.1. The molecule has 0 heterocycles. The van der Waals surface area contributed by atoms with Crippen LogP contribution >= 0.6 is 12.2 Å². The topological polar surface area (TPSA) is 53.7 Å². The third kappa shape index (κ3) is 3.50. The van der Waals surface area contributed by atoms with Crippen LogP contribution < -0.4 is 19.9 Å². The molecule has 1 aromatic carbocycles. The number of hydrogen-bond acceptors (Lipinski definition) is 4. The lowest BCUT2D eigenvalue weighted by molar-refractivity contribution is 0.323. The summed E-state index contributed by atoms with van der Waals surface area (Å²) in [5, 5.41) is 0. The molecular weight excluding hydrogens is 262 g/mol. The molecule has 0 bridgehead atoms. The molecular formula is C14H21NO3S. The predicted octanol–water partition coefficient (Wildman–Crippen LogP) is 2.57. The molecule has 1 rings (SSSR count). The summed E-state index contributed by atoms with van der Waals surface area (Å²) < 4.78 is 15.9. The number of ether oxygens (including phenoxy) is 3. The quantitative estimate of drug-likeness (QED) is 0.813. The van der Waals surface area contributed by atoms with Gasteiger partial charge in [-0.2, -0.15) is 0 Å². The van der Waals surface area contributed by atoms with Crippen LogP contribution in [-0.4, -0.2) is 26.3 Å². The minimum absolute atomic E-state index is 0.264. The van der Waals surface area contributed by atoms with Crippen LogP contribution in [0.1, 0.15) is 19.4 Å². The number of rotatable bonds is 6. The molecule has 0 aromatic heterocycles. The zero-order valence-corrected chi connectivity index (χ0v) is 12.9. The lowest BCUT2D eigenvalue weighted by atomic mass is 9.85. The Labute approximate surface area is 119 Å². The van der Waals surface area contributed by atoms with Crippen molar-refractivity contribution in [2.24, 2.45) is 11.1 Å². The van der Waals surface area contributed by atoms with Crippen molar-refractivity contribution in [3.63, 3.8) is 0 Å². The van der Waals surface area contributed by atoms with Gasteiger partial charge in [0.15, 0.2) is 11.5 Å². The van der Waals surface area contributed by atoms with Gasteiger partial charge in [-0.05, 0) is 24.1 Å². The van der Waals surface area contributed by atoms with E-state index in [1.165, 1.54) is 0 Å². The molecule has 0 amide bonds. The molecule has 1 aromatic rings. The Morgan fingerprint density at radius 2 is 1.58 bits per heavy atom. The second-order valence-electron chi connectivity index (χ2n) is 4.96. The number of benzene rings is 1. The molecule has 19 heavy (non-hydrogen) atoms. The van der Waals surface area contributed by atoms with E-state index in [1.54, 1.807) is 21.3 Å². The van der Waals surface area contributed by atoms with Gasteiger partial charge in [-0.25, -0.2) is 0 Å². The van der Waals surface area contributed by atoms with Crippen LogP contribution in [-0.2, 0) is 6.42 Å². The predicted molar refractivity (Wildman–Crippen MR) is 80.4 cm³/mol. The van der Waals surface area contributed by atoms with E-state index in [9.17, 15) is 0 Å². The van der Waals surface area contributed by atoms with Crippen LogP contribution in [0.3, 0.4) is 0 Å². The fourth-order valence-electron chi connectivity index (χ4n) is 1.83. The summed E-state index contributed by atoms with van der Waals surface area (Å²) in [6, 6.07) is 3.84. The maximum atomic E-state index is 5.76. The summed E-state index contributed by atoms with van der Waals surface area (Å²) >= 11 is 5.09. The highest BCUT2D eigenvalue weighted by molar-refractivity contribution is 7.80. The summed E-state index contributed by atoms with van der Waals surface area (Å²) in [6.45, 7) is 4.02. The molecule has 5 heteroatoms. The van der Waals surface area contributed by atoms with Gasteiger partial charge >= 0.3 is 0 Å². The van der Waals surface area contributed by atoms with E-state index in [0.717, 1.165) is 5.56 Å². The summed E-state index contributed by atoms with van der Waals surface area (Å²) in [7, 11) is 4.78. The highest BCUT2D eigenvalue weighted by atomic mass is 32.1. The molecule has 0 radical (unpaired) electrons. The Hall–Kier alpha value is -1.49. The van der Waals surface area contributed by atoms with Gasteiger partial charge in [0.25, 0.3) is 0 Å². The smallest absolute Gasteiger partial charge is 0.203 e. The van der Waals surface area contributed by atoms with Gasteiger partial charge < -0.3 is 19.9 Å². The lowest BCUT2D eigenvalue weighted by Gasteiger charge is -2.24. The first kappa shape index (κ1) is 15.6. The minimum atomic E-state index is -0.264. The Bertz CT molecular complexity index is 447. The van der Waals surface area contributed by atoms with Gasteiger partial charge in [0.2, 0.25) is 5.75 Å². The second kappa shape index (κ2) is 6.10. The normalized spacial score (nSPS) is 11.0. The average Bonchev–Trinajstić information content (AvgIpc) is 2.36. The Morgan fingerprint density at radius 3 is 1.89 bits per heavy atom. The summed E-state index contributed by atoms with van der Waals surface area (Å²) in [6.07, 6.45) is 0.707.